The predicted molar refractivity (Wildman–Crippen MR) is 77.0 cm³/mol. The van der Waals surface area contributed by atoms with E-state index in [1.54, 1.807) is 0 Å². The molecule has 1 aromatic carbocycles. The van der Waals surface area contributed by atoms with Crippen molar-refractivity contribution in [1.29, 1.82) is 0 Å². The van der Waals surface area contributed by atoms with Crippen LogP contribution in [0.25, 0.3) is 0 Å². The van der Waals surface area contributed by atoms with E-state index in [4.69, 9.17) is 11.6 Å². The number of carbonyl (C=O) groups excluding carboxylic acids is 1. The molecule has 1 aliphatic carbocycles. The van der Waals surface area contributed by atoms with Crippen molar-refractivity contribution in [1.82, 2.24) is 5.32 Å². The molecule has 0 radical (unpaired) electrons. The minimum absolute atomic E-state index is 0.0668. The Balaban J connectivity index is 2.18. The van der Waals surface area contributed by atoms with Gasteiger partial charge in [0.2, 0.25) is 0 Å². The van der Waals surface area contributed by atoms with E-state index in [1.807, 2.05) is 0 Å². The minimum atomic E-state index is -0.578. The Labute approximate surface area is 122 Å². The van der Waals surface area contributed by atoms with Crippen LogP contribution >= 0.6 is 11.6 Å². The first-order chi connectivity index (χ1) is 9.49. The maximum atomic E-state index is 12.2. The summed E-state index contributed by atoms with van der Waals surface area (Å²) in [5.41, 5.74) is -0.185. The third kappa shape index (κ3) is 3.28. The molecule has 1 saturated carbocycles. The lowest BCUT2D eigenvalue weighted by Crippen LogP contribution is -2.41. The summed E-state index contributed by atoms with van der Waals surface area (Å²) in [7, 11) is 0. The quantitative estimate of drug-likeness (QED) is 0.684. The second kappa shape index (κ2) is 6.22. The third-order valence-electron chi connectivity index (χ3n) is 3.83. The van der Waals surface area contributed by atoms with Crippen LogP contribution in [0.2, 0.25) is 5.02 Å². The molecule has 1 fully saturated rings. The van der Waals surface area contributed by atoms with Crippen LogP contribution < -0.4 is 5.32 Å². The van der Waals surface area contributed by atoms with E-state index in [-0.39, 0.29) is 22.3 Å². The van der Waals surface area contributed by atoms with Crippen LogP contribution in [0.3, 0.4) is 0 Å². The molecule has 0 unspecified atom stereocenters. The van der Waals surface area contributed by atoms with Gasteiger partial charge in [-0.1, -0.05) is 31.4 Å². The lowest BCUT2D eigenvalue weighted by atomic mass is 9.86. The summed E-state index contributed by atoms with van der Waals surface area (Å²) in [6.07, 6.45) is 4.26. The number of nitro benzene ring substituents is 1. The van der Waals surface area contributed by atoms with Crippen molar-refractivity contribution in [3.63, 3.8) is 0 Å². The van der Waals surface area contributed by atoms with Crippen molar-refractivity contribution in [3.05, 3.63) is 38.9 Å². The van der Waals surface area contributed by atoms with Crippen LogP contribution in [0.5, 0.6) is 0 Å². The van der Waals surface area contributed by atoms with E-state index in [9.17, 15) is 14.9 Å². The molecule has 1 aromatic rings. The average molecular weight is 297 g/mol. The van der Waals surface area contributed by atoms with E-state index in [1.165, 1.54) is 24.6 Å². The fraction of sp³-hybridized carbons (Fsp3) is 0.500. The van der Waals surface area contributed by atoms with Crippen molar-refractivity contribution in [2.75, 3.05) is 0 Å². The molecule has 0 bridgehead atoms. The number of nitrogens with zero attached hydrogens (tertiary/aromatic N) is 1. The van der Waals surface area contributed by atoms with Gasteiger partial charge in [0.1, 0.15) is 5.56 Å². The Bertz CT molecular complexity index is 533. The summed E-state index contributed by atoms with van der Waals surface area (Å²) in [4.78, 5) is 22.7. The van der Waals surface area contributed by atoms with Crippen molar-refractivity contribution >= 4 is 23.2 Å². The topological polar surface area (TPSA) is 72.2 Å². The standard InChI is InChI=1S/C14H17ClN2O3/c1-9-4-2-3-5-12(9)16-14(18)11-7-6-10(15)8-13(11)17(19)20/h6-9,12H,2-5H2,1H3,(H,16,18)/t9-,12-/m1/s1. The zero-order chi connectivity index (χ0) is 14.7. The lowest BCUT2D eigenvalue weighted by Gasteiger charge is -2.29. The fourth-order valence-corrected chi connectivity index (χ4v) is 2.79. The van der Waals surface area contributed by atoms with Gasteiger partial charge in [0.05, 0.1) is 4.92 Å². The van der Waals surface area contributed by atoms with Crippen LogP contribution in [0, 0.1) is 16.0 Å². The second-order valence-electron chi connectivity index (χ2n) is 5.26. The molecule has 0 aromatic heterocycles. The van der Waals surface area contributed by atoms with Gasteiger partial charge in [-0.3, -0.25) is 14.9 Å². The number of nitrogens with one attached hydrogen (secondary N) is 1. The second-order valence-corrected chi connectivity index (χ2v) is 5.70. The Hall–Kier alpha value is -1.62. The summed E-state index contributed by atoms with van der Waals surface area (Å²) in [5.74, 6) is 0.00572. The largest absolute Gasteiger partial charge is 0.349 e. The zero-order valence-corrected chi connectivity index (χ0v) is 12.0. The number of hydrogen-bond donors (Lipinski definition) is 1. The van der Waals surface area contributed by atoms with Crippen LogP contribution in [0.1, 0.15) is 43.0 Å². The first kappa shape index (κ1) is 14.8. The van der Waals surface area contributed by atoms with Gasteiger partial charge in [0.25, 0.3) is 11.6 Å². The highest BCUT2D eigenvalue weighted by molar-refractivity contribution is 6.31. The maximum absolute atomic E-state index is 12.2. The van der Waals surface area contributed by atoms with Gasteiger partial charge in [-0.25, -0.2) is 0 Å². The van der Waals surface area contributed by atoms with E-state index in [0.29, 0.717) is 5.92 Å². The maximum Gasteiger partial charge on any atom is 0.283 e. The minimum Gasteiger partial charge on any atom is -0.349 e. The molecule has 2 rings (SSSR count). The van der Waals surface area contributed by atoms with Crippen LogP contribution in [-0.2, 0) is 0 Å². The first-order valence-electron chi connectivity index (χ1n) is 6.74. The highest BCUT2D eigenvalue weighted by atomic mass is 35.5. The summed E-state index contributed by atoms with van der Waals surface area (Å²) < 4.78 is 0. The number of nitro groups is 1. The molecule has 0 spiro atoms. The van der Waals surface area contributed by atoms with E-state index >= 15 is 0 Å². The van der Waals surface area contributed by atoms with Gasteiger partial charge < -0.3 is 5.32 Å². The number of amides is 1. The van der Waals surface area contributed by atoms with Gasteiger partial charge in [0.15, 0.2) is 0 Å². The number of halogens is 1. The van der Waals surface area contributed by atoms with Gasteiger partial charge in [0, 0.05) is 17.1 Å². The number of carbonyl (C=O) groups is 1. The number of hydrogen-bond acceptors (Lipinski definition) is 3. The summed E-state index contributed by atoms with van der Waals surface area (Å²) in [5, 5.41) is 14.2. The molecule has 20 heavy (non-hydrogen) atoms. The first-order valence-corrected chi connectivity index (χ1v) is 7.11. The van der Waals surface area contributed by atoms with Gasteiger partial charge in [-0.05, 0) is 30.9 Å². The number of benzene rings is 1. The smallest absolute Gasteiger partial charge is 0.283 e. The molecule has 5 nitrogen and oxygen atoms in total. The van der Waals surface area contributed by atoms with Crippen LogP contribution in [0.4, 0.5) is 5.69 Å². The normalized spacial score (nSPS) is 22.3. The predicted octanol–water partition coefficient (Wildman–Crippen LogP) is 3.56. The van der Waals surface area contributed by atoms with E-state index in [0.717, 1.165) is 19.3 Å². The average Bonchev–Trinajstić information content (AvgIpc) is 2.41. The molecular weight excluding hydrogens is 280 g/mol. The van der Waals surface area contributed by atoms with Gasteiger partial charge in [-0.15, -0.1) is 0 Å². The number of rotatable bonds is 3. The summed E-state index contributed by atoms with van der Waals surface area (Å²) in [6, 6.07) is 4.20. The van der Waals surface area contributed by atoms with Gasteiger partial charge >= 0.3 is 0 Å². The fourth-order valence-electron chi connectivity index (χ4n) is 2.62. The molecule has 108 valence electrons. The van der Waals surface area contributed by atoms with Crippen molar-refractivity contribution in [2.24, 2.45) is 5.92 Å². The van der Waals surface area contributed by atoms with Gasteiger partial charge in [-0.2, -0.15) is 0 Å². The third-order valence-corrected chi connectivity index (χ3v) is 4.06. The summed E-state index contributed by atoms with van der Waals surface area (Å²) >= 11 is 5.74. The molecule has 6 heteroatoms. The summed E-state index contributed by atoms with van der Waals surface area (Å²) in [6.45, 7) is 2.10. The molecule has 1 N–H and O–H groups in total. The molecule has 0 heterocycles. The zero-order valence-electron chi connectivity index (χ0n) is 11.3. The lowest BCUT2D eigenvalue weighted by molar-refractivity contribution is -0.385. The van der Waals surface area contributed by atoms with Crippen LogP contribution in [0.15, 0.2) is 18.2 Å². The molecule has 0 aliphatic heterocycles. The molecule has 0 saturated heterocycles. The Morgan fingerprint density at radius 2 is 2.10 bits per heavy atom. The molecule has 1 aliphatic rings. The Morgan fingerprint density at radius 1 is 1.40 bits per heavy atom. The van der Waals surface area contributed by atoms with Crippen LogP contribution in [-0.4, -0.2) is 16.9 Å². The molecule has 1 amide bonds. The van der Waals surface area contributed by atoms with E-state index in [2.05, 4.69) is 12.2 Å². The Morgan fingerprint density at radius 3 is 2.75 bits per heavy atom. The highest BCUT2D eigenvalue weighted by Crippen LogP contribution is 2.26. The molecule has 2 atom stereocenters. The SMILES string of the molecule is C[C@@H]1CCCC[C@H]1NC(=O)c1ccc(Cl)cc1[N+](=O)[O-]. The van der Waals surface area contributed by atoms with Crippen molar-refractivity contribution in [2.45, 2.75) is 38.6 Å². The van der Waals surface area contributed by atoms with Crippen molar-refractivity contribution < 1.29 is 9.72 Å². The molecular formula is C14H17ClN2O3. The van der Waals surface area contributed by atoms with Crippen molar-refractivity contribution in [3.8, 4) is 0 Å². The monoisotopic (exact) mass is 296 g/mol. The van der Waals surface area contributed by atoms with E-state index < -0.39 is 10.8 Å². The highest BCUT2D eigenvalue weighted by Gasteiger charge is 2.26. The Kier molecular flexibility index (Phi) is 4.60.